The molecule has 96 valence electrons. The van der Waals surface area contributed by atoms with E-state index in [4.69, 9.17) is 0 Å². The zero-order valence-electron chi connectivity index (χ0n) is 11.4. The smallest absolute Gasteiger partial charge is 0.136 e. The summed E-state index contributed by atoms with van der Waals surface area (Å²) in [6.07, 6.45) is 4.24. The van der Waals surface area contributed by atoms with E-state index in [-0.39, 0.29) is 0 Å². The van der Waals surface area contributed by atoms with Gasteiger partial charge >= 0.3 is 0 Å². The molecule has 0 radical (unpaired) electrons. The molecule has 1 heteroatoms. The van der Waals surface area contributed by atoms with Crippen molar-refractivity contribution < 1.29 is 4.79 Å². The highest BCUT2D eigenvalue weighted by molar-refractivity contribution is 5.86. The summed E-state index contributed by atoms with van der Waals surface area (Å²) in [4.78, 5) is 12.3. The first-order valence-electron chi connectivity index (χ1n) is 7.29. The molecule has 1 aromatic rings. The third kappa shape index (κ3) is 2.00. The van der Waals surface area contributed by atoms with E-state index in [2.05, 4.69) is 38.1 Å². The molecule has 3 unspecified atom stereocenters. The molecule has 2 aliphatic rings. The Morgan fingerprint density at radius 1 is 1.33 bits per heavy atom. The molecule has 3 atom stereocenters. The molecule has 0 spiro atoms. The summed E-state index contributed by atoms with van der Waals surface area (Å²) in [5.74, 6) is 2.75. The summed E-state index contributed by atoms with van der Waals surface area (Å²) in [5.41, 5.74) is 2.95. The van der Waals surface area contributed by atoms with Crippen LogP contribution in [0.3, 0.4) is 0 Å². The van der Waals surface area contributed by atoms with Gasteiger partial charge in [-0.3, -0.25) is 4.79 Å². The van der Waals surface area contributed by atoms with Crippen LogP contribution in [0.25, 0.3) is 0 Å². The first-order chi connectivity index (χ1) is 8.68. The van der Waals surface area contributed by atoms with Crippen LogP contribution < -0.4 is 0 Å². The minimum absolute atomic E-state index is 0.354. The lowest BCUT2D eigenvalue weighted by Gasteiger charge is -2.13. The maximum absolute atomic E-state index is 12.3. The first kappa shape index (κ1) is 12.0. The topological polar surface area (TPSA) is 17.1 Å². The van der Waals surface area contributed by atoms with Gasteiger partial charge in [0.05, 0.1) is 0 Å². The molecule has 0 amide bonds. The van der Waals surface area contributed by atoms with Gasteiger partial charge in [-0.2, -0.15) is 0 Å². The van der Waals surface area contributed by atoms with Gasteiger partial charge in [-0.15, -0.1) is 0 Å². The van der Waals surface area contributed by atoms with Gasteiger partial charge in [-0.25, -0.2) is 0 Å². The molecular weight excluding hydrogens is 220 g/mol. The minimum Gasteiger partial charge on any atom is -0.299 e. The number of rotatable bonds is 4. The van der Waals surface area contributed by atoms with Crippen LogP contribution in [-0.4, -0.2) is 5.78 Å². The van der Waals surface area contributed by atoms with Gasteiger partial charge in [-0.05, 0) is 48.1 Å². The fourth-order valence-corrected chi connectivity index (χ4v) is 3.60. The molecular formula is C17H22O. The number of ketones is 1. The monoisotopic (exact) mass is 242 g/mol. The zero-order chi connectivity index (χ0) is 12.7. The van der Waals surface area contributed by atoms with Crippen molar-refractivity contribution in [2.45, 2.75) is 45.4 Å². The van der Waals surface area contributed by atoms with Crippen LogP contribution >= 0.6 is 0 Å². The van der Waals surface area contributed by atoms with E-state index in [1.807, 2.05) is 0 Å². The van der Waals surface area contributed by atoms with Gasteiger partial charge in [0, 0.05) is 12.3 Å². The molecule has 0 N–H and O–H groups in total. The maximum Gasteiger partial charge on any atom is 0.136 e. The fraction of sp³-hybridized carbons (Fsp3) is 0.588. The fourth-order valence-electron chi connectivity index (χ4n) is 3.60. The Morgan fingerprint density at radius 3 is 2.89 bits per heavy atom. The quantitative estimate of drug-likeness (QED) is 0.781. The number of carbonyl (C=O) groups is 1. The summed E-state index contributed by atoms with van der Waals surface area (Å²) in [6, 6.07) is 8.72. The number of carbonyl (C=O) groups excluding carboxylic acids is 1. The standard InChI is InChI=1S/C17H22O/c1-11(2)7-10-15(18)17-14-9-8-12-5-3-4-6-13(12)16(14)17/h3-6,11,14,16-17H,7-10H2,1-2H3. The third-order valence-electron chi connectivity index (χ3n) is 4.67. The van der Waals surface area contributed by atoms with Gasteiger partial charge in [0.25, 0.3) is 0 Å². The normalized spacial score (nSPS) is 28.7. The number of aryl methyl sites for hydroxylation is 1. The van der Waals surface area contributed by atoms with Crippen LogP contribution in [0.2, 0.25) is 0 Å². The van der Waals surface area contributed by atoms with Crippen LogP contribution in [0, 0.1) is 17.8 Å². The van der Waals surface area contributed by atoms with E-state index in [0.717, 1.165) is 12.8 Å². The average molecular weight is 242 g/mol. The van der Waals surface area contributed by atoms with Crippen molar-refractivity contribution in [3.63, 3.8) is 0 Å². The number of benzene rings is 1. The Labute approximate surface area is 110 Å². The minimum atomic E-state index is 0.354. The van der Waals surface area contributed by atoms with Crippen LogP contribution in [0.15, 0.2) is 24.3 Å². The lowest BCUT2D eigenvalue weighted by Crippen LogP contribution is -2.04. The summed E-state index contributed by atoms with van der Waals surface area (Å²) in [5, 5.41) is 0. The summed E-state index contributed by atoms with van der Waals surface area (Å²) < 4.78 is 0. The number of Topliss-reactive ketones (excluding diaryl/α,β-unsaturated/α-hetero) is 1. The average Bonchev–Trinajstić information content (AvgIpc) is 3.10. The van der Waals surface area contributed by atoms with Crippen LogP contribution in [0.1, 0.15) is 50.2 Å². The Hall–Kier alpha value is -1.11. The second kappa shape index (κ2) is 4.53. The largest absolute Gasteiger partial charge is 0.299 e. The highest BCUT2D eigenvalue weighted by atomic mass is 16.1. The predicted octanol–water partition coefficient (Wildman–Crippen LogP) is 3.97. The zero-order valence-corrected chi connectivity index (χ0v) is 11.4. The van der Waals surface area contributed by atoms with Crippen LogP contribution in [-0.2, 0) is 11.2 Å². The molecule has 1 saturated carbocycles. The van der Waals surface area contributed by atoms with Crippen molar-refractivity contribution in [3.8, 4) is 0 Å². The molecule has 1 fully saturated rings. The third-order valence-corrected chi connectivity index (χ3v) is 4.67. The van der Waals surface area contributed by atoms with Crippen molar-refractivity contribution in [2.24, 2.45) is 17.8 Å². The highest BCUT2D eigenvalue weighted by Gasteiger charge is 2.56. The van der Waals surface area contributed by atoms with Gasteiger partial charge < -0.3 is 0 Å². The van der Waals surface area contributed by atoms with Gasteiger partial charge in [0.2, 0.25) is 0 Å². The number of hydrogen-bond acceptors (Lipinski definition) is 1. The van der Waals surface area contributed by atoms with Gasteiger partial charge in [0.15, 0.2) is 0 Å². The summed E-state index contributed by atoms with van der Waals surface area (Å²) in [7, 11) is 0. The Kier molecular flexibility index (Phi) is 3.01. The van der Waals surface area contributed by atoms with Crippen molar-refractivity contribution in [2.75, 3.05) is 0 Å². The molecule has 1 aromatic carbocycles. The number of fused-ring (bicyclic) bond motifs is 3. The van der Waals surface area contributed by atoms with E-state index >= 15 is 0 Å². The lowest BCUT2D eigenvalue weighted by atomic mass is 9.92. The summed E-state index contributed by atoms with van der Waals surface area (Å²) in [6.45, 7) is 4.39. The van der Waals surface area contributed by atoms with Crippen molar-refractivity contribution >= 4 is 5.78 Å². The van der Waals surface area contributed by atoms with Gasteiger partial charge in [-0.1, -0.05) is 38.1 Å². The van der Waals surface area contributed by atoms with E-state index in [9.17, 15) is 4.79 Å². The summed E-state index contributed by atoms with van der Waals surface area (Å²) >= 11 is 0. The first-order valence-corrected chi connectivity index (χ1v) is 7.29. The molecule has 1 nitrogen and oxygen atoms in total. The Balaban J connectivity index is 1.71. The predicted molar refractivity (Wildman–Crippen MR) is 73.6 cm³/mol. The van der Waals surface area contributed by atoms with E-state index in [0.29, 0.717) is 29.5 Å². The lowest BCUT2D eigenvalue weighted by molar-refractivity contribution is -0.120. The Morgan fingerprint density at radius 2 is 2.11 bits per heavy atom. The molecule has 2 aliphatic carbocycles. The molecule has 0 saturated heterocycles. The molecule has 0 heterocycles. The molecule has 18 heavy (non-hydrogen) atoms. The Bertz CT molecular complexity index is 460. The van der Waals surface area contributed by atoms with Crippen LogP contribution in [0.4, 0.5) is 0 Å². The second-order valence-corrected chi connectivity index (χ2v) is 6.35. The number of hydrogen-bond donors (Lipinski definition) is 0. The van der Waals surface area contributed by atoms with Crippen molar-refractivity contribution in [3.05, 3.63) is 35.4 Å². The maximum atomic E-state index is 12.3. The molecule has 0 bridgehead atoms. The van der Waals surface area contributed by atoms with Crippen LogP contribution in [0.5, 0.6) is 0 Å². The molecule has 0 aromatic heterocycles. The SMILES string of the molecule is CC(C)CCC(=O)C1C2CCc3ccccc3C21. The van der Waals surface area contributed by atoms with Gasteiger partial charge in [0.1, 0.15) is 5.78 Å². The van der Waals surface area contributed by atoms with E-state index in [1.165, 1.54) is 24.0 Å². The molecule has 0 aliphatic heterocycles. The highest BCUT2D eigenvalue weighted by Crippen LogP contribution is 2.60. The van der Waals surface area contributed by atoms with E-state index < -0.39 is 0 Å². The molecule has 3 rings (SSSR count). The van der Waals surface area contributed by atoms with Crippen molar-refractivity contribution in [1.82, 2.24) is 0 Å². The van der Waals surface area contributed by atoms with Crippen molar-refractivity contribution in [1.29, 1.82) is 0 Å². The second-order valence-electron chi connectivity index (χ2n) is 6.35. The van der Waals surface area contributed by atoms with E-state index in [1.54, 1.807) is 0 Å².